The minimum absolute atomic E-state index is 0.105. The second kappa shape index (κ2) is 7.48. The Morgan fingerprint density at radius 1 is 1.45 bits per heavy atom. The molecule has 0 aromatic carbocycles. The minimum atomic E-state index is -0.105. The van der Waals surface area contributed by atoms with Gasteiger partial charge in [0.05, 0.1) is 5.69 Å². The van der Waals surface area contributed by atoms with Crippen molar-refractivity contribution in [3.63, 3.8) is 0 Å². The van der Waals surface area contributed by atoms with Gasteiger partial charge in [0.1, 0.15) is 5.15 Å². The van der Waals surface area contributed by atoms with E-state index in [0.717, 1.165) is 24.2 Å². The maximum atomic E-state index is 11.7. The predicted molar refractivity (Wildman–Crippen MR) is 83.7 cm³/mol. The number of hydrogen-bond acceptors (Lipinski definition) is 2. The molecule has 112 valence electrons. The van der Waals surface area contributed by atoms with Gasteiger partial charge in [-0.1, -0.05) is 32.4 Å². The molecular formula is C15H24ClN3O. The third-order valence-corrected chi connectivity index (χ3v) is 3.45. The zero-order valence-corrected chi connectivity index (χ0v) is 13.7. The van der Waals surface area contributed by atoms with Crippen molar-refractivity contribution in [3.05, 3.63) is 22.5 Å². The van der Waals surface area contributed by atoms with Crippen molar-refractivity contribution in [3.8, 4) is 0 Å². The van der Waals surface area contributed by atoms with Crippen molar-refractivity contribution < 1.29 is 4.79 Å². The summed E-state index contributed by atoms with van der Waals surface area (Å²) in [7, 11) is 0. The number of carbonyl (C=O) groups is 1. The lowest BCUT2D eigenvalue weighted by Crippen LogP contribution is -2.30. The molecule has 1 rings (SSSR count). The number of amides is 1. The van der Waals surface area contributed by atoms with E-state index in [1.165, 1.54) is 6.08 Å². The summed E-state index contributed by atoms with van der Waals surface area (Å²) in [5.74, 6) is 0.365. The first kappa shape index (κ1) is 16.8. The normalized spacial score (nSPS) is 13.2. The molecule has 1 N–H and O–H groups in total. The number of hydrogen-bond donors (Lipinski definition) is 1. The van der Waals surface area contributed by atoms with E-state index in [1.807, 2.05) is 20.8 Å². The molecule has 1 amide bonds. The Morgan fingerprint density at radius 3 is 2.65 bits per heavy atom. The van der Waals surface area contributed by atoms with Crippen LogP contribution in [0.15, 0.2) is 6.08 Å². The van der Waals surface area contributed by atoms with Crippen LogP contribution in [0.2, 0.25) is 5.15 Å². The van der Waals surface area contributed by atoms with Crippen molar-refractivity contribution in [1.29, 1.82) is 0 Å². The van der Waals surface area contributed by atoms with Crippen molar-refractivity contribution in [2.75, 3.05) is 0 Å². The summed E-state index contributed by atoms with van der Waals surface area (Å²) < 4.78 is 1.79. The summed E-state index contributed by atoms with van der Waals surface area (Å²) in [6, 6.07) is 0.174. The topological polar surface area (TPSA) is 46.9 Å². The van der Waals surface area contributed by atoms with E-state index in [1.54, 1.807) is 10.8 Å². The molecule has 1 aromatic rings. The SMILES string of the molecule is CCC(C)NC(=O)/C=C/c1c(C)nn(CC(C)C)c1Cl. The van der Waals surface area contributed by atoms with E-state index in [-0.39, 0.29) is 11.9 Å². The van der Waals surface area contributed by atoms with Crippen molar-refractivity contribution >= 4 is 23.6 Å². The number of rotatable bonds is 6. The summed E-state index contributed by atoms with van der Waals surface area (Å²) in [4.78, 5) is 11.7. The Bertz CT molecular complexity index is 492. The molecule has 0 saturated heterocycles. The molecule has 0 radical (unpaired) electrons. The highest BCUT2D eigenvalue weighted by Gasteiger charge is 2.12. The van der Waals surface area contributed by atoms with Crippen LogP contribution in [0, 0.1) is 12.8 Å². The highest BCUT2D eigenvalue weighted by molar-refractivity contribution is 6.31. The number of nitrogens with one attached hydrogen (secondary N) is 1. The van der Waals surface area contributed by atoms with Gasteiger partial charge in [-0.15, -0.1) is 0 Å². The van der Waals surface area contributed by atoms with E-state index in [2.05, 4.69) is 24.3 Å². The van der Waals surface area contributed by atoms with E-state index >= 15 is 0 Å². The summed E-state index contributed by atoms with van der Waals surface area (Å²) in [5, 5.41) is 7.88. The average Bonchev–Trinajstić information content (AvgIpc) is 2.61. The maximum absolute atomic E-state index is 11.7. The summed E-state index contributed by atoms with van der Waals surface area (Å²) in [5.41, 5.74) is 1.65. The third-order valence-electron chi connectivity index (χ3n) is 3.05. The van der Waals surface area contributed by atoms with Gasteiger partial charge in [-0.05, 0) is 32.3 Å². The molecule has 0 bridgehead atoms. The highest BCUT2D eigenvalue weighted by atomic mass is 35.5. The molecular weight excluding hydrogens is 274 g/mol. The lowest BCUT2D eigenvalue weighted by atomic mass is 10.2. The van der Waals surface area contributed by atoms with E-state index < -0.39 is 0 Å². The predicted octanol–water partition coefficient (Wildman–Crippen LogP) is 3.43. The largest absolute Gasteiger partial charge is 0.350 e. The molecule has 1 aromatic heterocycles. The molecule has 0 aliphatic rings. The fourth-order valence-electron chi connectivity index (χ4n) is 1.78. The van der Waals surface area contributed by atoms with Gasteiger partial charge in [0.2, 0.25) is 5.91 Å². The fourth-order valence-corrected chi connectivity index (χ4v) is 2.08. The van der Waals surface area contributed by atoms with Gasteiger partial charge >= 0.3 is 0 Å². The third kappa shape index (κ3) is 4.67. The number of aryl methyl sites for hydroxylation is 1. The maximum Gasteiger partial charge on any atom is 0.244 e. The van der Waals surface area contributed by atoms with E-state index in [0.29, 0.717) is 11.1 Å². The zero-order chi connectivity index (χ0) is 15.3. The van der Waals surface area contributed by atoms with E-state index in [9.17, 15) is 4.79 Å². The minimum Gasteiger partial charge on any atom is -0.350 e. The van der Waals surface area contributed by atoms with Gasteiger partial charge < -0.3 is 5.32 Å². The standard InChI is InChI=1S/C15H24ClN3O/c1-6-11(4)17-14(20)8-7-13-12(5)18-19(15(13)16)9-10(2)3/h7-8,10-11H,6,9H2,1-5H3,(H,17,20)/b8-7+. The first-order chi connectivity index (χ1) is 9.35. The van der Waals surface area contributed by atoms with Gasteiger partial charge in [-0.25, -0.2) is 0 Å². The Hall–Kier alpha value is -1.29. The molecule has 0 fully saturated rings. The second-order valence-corrected chi connectivity index (χ2v) is 5.88. The number of carbonyl (C=O) groups excluding carboxylic acids is 1. The van der Waals surface area contributed by atoms with Gasteiger partial charge in [0.15, 0.2) is 0 Å². The van der Waals surface area contributed by atoms with Crippen LogP contribution in [0.5, 0.6) is 0 Å². The lowest BCUT2D eigenvalue weighted by Gasteiger charge is -2.08. The molecule has 4 nitrogen and oxygen atoms in total. The molecule has 0 aliphatic heterocycles. The second-order valence-electron chi connectivity index (χ2n) is 5.52. The average molecular weight is 298 g/mol. The van der Waals surface area contributed by atoms with Crippen LogP contribution < -0.4 is 5.32 Å². The molecule has 0 spiro atoms. The van der Waals surface area contributed by atoms with Gasteiger partial charge in [-0.3, -0.25) is 9.48 Å². The molecule has 5 heteroatoms. The number of halogens is 1. The Balaban J connectivity index is 2.82. The van der Waals surface area contributed by atoms with Crippen molar-refractivity contribution in [1.82, 2.24) is 15.1 Å². The molecule has 1 heterocycles. The van der Waals surface area contributed by atoms with Crippen LogP contribution in [-0.4, -0.2) is 21.7 Å². The summed E-state index contributed by atoms with van der Waals surface area (Å²) >= 11 is 6.31. The van der Waals surface area contributed by atoms with Crippen molar-refractivity contribution in [2.45, 2.75) is 53.6 Å². The molecule has 0 saturated carbocycles. The van der Waals surface area contributed by atoms with Gasteiger partial charge in [0, 0.05) is 24.2 Å². The first-order valence-corrected chi connectivity index (χ1v) is 7.44. The number of aromatic nitrogens is 2. The fraction of sp³-hybridized carbons (Fsp3) is 0.600. The quantitative estimate of drug-likeness (QED) is 0.818. The lowest BCUT2D eigenvalue weighted by molar-refractivity contribution is -0.117. The Morgan fingerprint density at radius 2 is 2.10 bits per heavy atom. The number of nitrogens with zero attached hydrogens (tertiary/aromatic N) is 2. The summed E-state index contributed by atoms with van der Waals surface area (Å²) in [6.07, 6.45) is 4.16. The van der Waals surface area contributed by atoms with Crippen molar-refractivity contribution in [2.24, 2.45) is 5.92 Å². The molecule has 1 unspecified atom stereocenters. The first-order valence-electron chi connectivity index (χ1n) is 7.06. The molecule has 1 atom stereocenters. The van der Waals surface area contributed by atoms with Crippen LogP contribution in [0.4, 0.5) is 0 Å². The van der Waals surface area contributed by atoms with Crippen LogP contribution in [0.1, 0.15) is 45.4 Å². The monoisotopic (exact) mass is 297 g/mol. The highest BCUT2D eigenvalue weighted by Crippen LogP contribution is 2.22. The van der Waals surface area contributed by atoms with Crippen LogP contribution in [0.25, 0.3) is 6.08 Å². The Kier molecular flexibility index (Phi) is 6.27. The van der Waals surface area contributed by atoms with Crippen LogP contribution in [-0.2, 0) is 11.3 Å². The van der Waals surface area contributed by atoms with Gasteiger partial charge in [0.25, 0.3) is 0 Å². The summed E-state index contributed by atoms with van der Waals surface area (Å²) in [6.45, 7) is 10.9. The Labute approximate surface area is 126 Å². The smallest absolute Gasteiger partial charge is 0.244 e. The van der Waals surface area contributed by atoms with Gasteiger partial charge in [-0.2, -0.15) is 5.10 Å². The zero-order valence-electron chi connectivity index (χ0n) is 12.9. The van der Waals surface area contributed by atoms with Crippen LogP contribution >= 0.6 is 11.6 Å². The molecule has 20 heavy (non-hydrogen) atoms. The molecule has 0 aliphatic carbocycles. The van der Waals surface area contributed by atoms with Crippen LogP contribution in [0.3, 0.4) is 0 Å². The van der Waals surface area contributed by atoms with E-state index in [4.69, 9.17) is 11.6 Å².